The van der Waals surface area contributed by atoms with E-state index in [0.717, 1.165) is 17.8 Å². The highest BCUT2D eigenvalue weighted by Gasteiger charge is 2.16. The minimum absolute atomic E-state index is 0.120. The van der Waals surface area contributed by atoms with Gasteiger partial charge in [0.15, 0.2) is 0 Å². The van der Waals surface area contributed by atoms with Crippen molar-refractivity contribution < 1.29 is 23.5 Å². The van der Waals surface area contributed by atoms with Gasteiger partial charge < -0.3 is 18.7 Å². The summed E-state index contributed by atoms with van der Waals surface area (Å²) >= 11 is 0. The van der Waals surface area contributed by atoms with Crippen LogP contribution < -0.4 is 4.74 Å². The summed E-state index contributed by atoms with van der Waals surface area (Å²) in [6.07, 6.45) is 3.30. The van der Waals surface area contributed by atoms with E-state index in [1.54, 1.807) is 36.8 Å². The Morgan fingerprint density at radius 3 is 2.31 bits per heavy atom. The fourth-order valence-electron chi connectivity index (χ4n) is 2.65. The molecular formula is C20H21NO5. The first-order valence-corrected chi connectivity index (χ1v) is 8.36. The number of aldehydes is 1. The molecule has 0 aliphatic rings. The lowest BCUT2D eigenvalue weighted by Gasteiger charge is -2.23. The Bertz CT molecular complexity index is 746. The molecule has 0 radical (unpaired) electrons. The van der Waals surface area contributed by atoms with Crippen LogP contribution in [0.5, 0.6) is 5.75 Å². The monoisotopic (exact) mass is 355 g/mol. The molecule has 1 unspecified atom stereocenters. The highest BCUT2D eigenvalue weighted by Crippen LogP contribution is 2.14. The van der Waals surface area contributed by atoms with Crippen LogP contribution in [0.3, 0.4) is 0 Å². The van der Waals surface area contributed by atoms with E-state index in [9.17, 15) is 9.90 Å². The van der Waals surface area contributed by atoms with Crippen LogP contribution in [-0.2, 0) is 13.1 Å². The highest BCUT2D eigenvalue weighted by atomic mass is 16.5. The predicted molar refractivity (Wildman–Crippen MR) is 94.9 cm³/mol. The molecular weight excluding hydrogens is 334 g/mol. The summed E-state index contributed by atoms with van der Waals surface area (Å²) in [6, 6.07) is 14.3. The van der Waals surface area contributed by atoms with Gasteiger partial charge in [0, 0.05) is 12.1 Å². The van der Waals surface area contributed by atoms with Gasteiger partial charge in [0.05, 0.1) is 25.6 Å². The summed E-state index contributed by atoms with van der Waals surface area (Å²) in [5.41, 5.74) is 0.536. The van der Waals surface area contributed by atoms with Crippen molar-refractivity contribution in [2.24, 2.45) is 0 Å². The Labute approximate surface area is 151 Å². The van der Waals surface area contributed by atoms with Crippen LogP contribution >= 0.6 is 0 Å². The van der Waals surface area contributed by atoms with Crippen molar-refractivity contribution in [2.75, 3.05) is 13.2 Å². The zero-order chi connectivity index (χ0) is 18.2. The molecule has 6 nitrogen and oxygen atoms in total. The van der Waals surface area contributed by atoms with Crippen molar-refractivity contribution in [1.29, 1.82) is 0 Å². The summed E-state index contributed by atoms with van der Waals surface area (Å²) < 4.78 is 16.4. The zero-order valence-corrected chi connectivity index (χ0v) is 14.3. The van der Waals surface area contributed by atoms with Crippen LogP contribution in [0.25, 0.3) is 0 Å². The van der Waals surface area contributed by atoms with Gasteiger partial charge in [-0.3, -0.25) is 9.69 Å². The van der Waals surface area contributed by atoms with Gasteiger partial charge in [-0.15, -0.1) is 0 Å². The van der Waals surface area contributed by atoms with Crippen molar-refractivity contribution in [2.45, 2.75) is 19.2 Å². The van der Waals surface area contributed by atoms with Crippen molar-refractivity contribution in [3.8, 4) is 5.75 Å². The van der Waals surface area contributed by atoms with Gasteiger partial charge in [-0.1, -0.05) is 12.1 Å². The van der Waals surface area contributed by atoms with E-state index in [2.05, 4.69) is 0 Å². The minimum atomic E-state index is -0.709. The second kappa shape index (κ2) is 9.03. The summed E-state index contributed by atoms with van der Waals surface area (Å²) in [4.78, 5) is 12.8. The molecule has 2 heterocycles. The lowest BCUT2D eigenvalue weighted by atomic mass is 10.2. The largest absolute Gasteiger partial charge is 0.491 e. The molecule has 0 aliphatic carbocycles. The first kappa shape index (κ1) is 18.0. The number of aliphatic hydroxyl groups excluding tert-OH is 1. The van der Waals surface area contributed by atoms with E-state index in [1.807, 2.05) is 29.2 Å². The molecule has 3 aromatic rings. The van der Waals surface area contributed by atoms with Crippen LogP contribution in [0.15, 0.2) is 69.9 Å². The average Bonchev–Trinajstić information content (AvgIpc) is 3.34. The number of hydrogen-bond acceptors (Lipinski definition) is 6. The molecule has 0 bridgehead atoms. The Hall–Kier alpha value is -2.83. The van der Waals surface area contributed by atoms with E-state index in [-0.39, 0.29) is 6.61 Å². The quantitative estimate of drug-likeness (QED) is 0.563. The molecule has 1 aromatic carbocycles. The fraction of sp³-hybridized carbons (Fsp3) is 0.250. The molecule has 0 amide bonds. The first-order valence-electron chi connectivity index (χ1n) is 8.36. The Morgan fingerprint density at radius 1 is 1.04 bits per heavy atom. The zero-order valence-electron chi connectivity index (χ0n) is 14.3. The molecule has 1 atom stereocenters. The van der Waals surface area contributed by atoms with Crippen molar-refractivity contribution in [3.63, 3.8) is 0 Å². The number of aliphatic hydroxyl groups is 1. The topological polar surface area (TPSA) is 76.1 Å². The van der Waals surface area contributed by atoms with Crippen molar-refractivity contribution >= 4 is 6.29 Å². The third kappa shape index (κ3) is 5.34. The van der Waals surface area contributed by atoms with E-state index in [1.165, 1.54) is 0 Å². The van der Waals surface area contributed by atoms with Gasteiger partial charge in [-0.05, 0) is 36.4 Å². The standard InChI is InChI=1S/C20H21NO5/c22-14-16-4-1-5-18(10-16)26-15-17(23)11-21(12-19-6-2-8-24-19)13-20-7-3-9-25-20/h1-10,14,17,23H,11-13,15H2. The van der Waals surface area contributed by atoms with Gasteiger partial charge in [0.25, 0.3) is 0 Å². The second-order valence-corrected chi connectivity index (χ2v) is 5.98. The van der Waals surface area contributed by atoms with Gasteiger partial charge in [0.1, 0.15) is 36.3 Å². The SMILES string of the molecule is O=Cc1cccc(OCC(O)CN(Cc2ccco2)Cc2ccco2)c1. The minimum Gasteiger partial charge on any atom is -0.491 e. The molecule has 0 fully saturated rings. The maximum atomic E-state index is 10.8. The number of carbonyl (C=O) groups excluding carboxylic acids is 1. The number of nitrogens with zero attached hydrogens (tertiary/aromatic N) is 1. The lowest BCUT2D eigenvalue weighted by molar-refractivity contribution is 0.0580. The molecule has 0 spiro atoms. The lowest BCUT2D eigenvalue weighted by Crippen LogP contribution is -2.34. The van der Waals surface area contributed by atoms with Gasteiger partial charge in [-0.25, -0.2) is 0 Å². The van der Waals surface area contributed by atoms with Crippen molar-refractivity contribution in [3.05, 3.63) is 78.1 Å². The Kier molecular flexibility index (Phi) is 6.24. The van der Waals surface area contributed by atoms with Gasteiger partial charge in [0.2, 0.25) is 0 Å². The van der Waals surface area contributed by atoms with Crippen LogP contribution in [0, 0.1) is 0 Å². The highest BCUT2D eigenvalue weighted by molar-refractivity contribution is 5.75. The number of benzene rings is 1. The summed E-state index contributed by atoms with van der Waals surface area (Å²) in [5.74, 6) is 2.17. The third-order valence-corrected chi connectivity index (χ3v) is 3.82. The molecule has 136 valence electrons. The maximum absolute atomic E-state index is 10.8. The number of ether oxygens (including phenoxy) is 1. The number of furan rings is 2. The normalized spacial score (nSPS) is 12.2. The van der Waals surface area contributed by atoms with E-state index >= 15 is 0 Å². The summed E-state index contributed by atoms with van der Waals surface area (Å²) in [7, 11) is 0. The number of rotatable bonds is 10. The fourth-order valence-corrected chi connectivity index (χ4v) is 2.65. The van der Waals surface area contributed by atoms with Gasteiger partial charge in [-0.2, -0.15) is 0 Å². The Morgan fingerprint density at radius 2 is 1.73 bits per heavy atom. The number of hydrogen-bond donors (Lipinski definition) is 1. The van der Waals surface area contributed by atoms with Gasteiger partial charge >= 0.3 is 0 Å². The van der Waals surface area contributed by atoms with Crippen LogP contribution in [0.4, 0.5) is 0 Å². The predicted octanol–water partition coefficient (Wildman–Crippen LogP) is 3.13. The van der Waals surface area contributed by atoms with Crippen LogP contribution in [-0.4, -0.2) is 35.5 Å². The Balaban J connectivity index is 1.56. The molecule has 3 rings (SSSR count). The van der Waals surface area contributed by atoms with Crippen molar-refractivity contribution in [1.82, 2.24) is 4.90 Å². The first-order chi connectivity index (χ1) is 12.7. The molecule has 0 saturated heterocycles. The van der Waals surface area contributed by atoms with Crippen LogP contribution in [0.2, 0.25) is 0 Å². The van der Waals surface area contributed by atoms with Crippen LogP contribution in [0.1, 0.15) is 21.9 Å². The molecule has 6 heteroatoms. The second-order valence-electron chi connectivity index (χ2n) is 5.98. The summed E-state index contributed by atoms with van der Waals surface area (Å²) in [6.45, 7) is 1.60. The molecule has 0 aliphatic heterocycles. The smallest absolute Gasteiger partial charge is 0.150 e. The number of carbonyl (C=O) groups is 1. The summed E-state index contributed by atoms with van der Waals surface area (Å²) in [5, 5.41) is 10.4. The van der Waals surface area contributed by atoms with E-state index < -0.39 is 6.10 Å². The van der Waals surface area contributed by atoms with E-state index in [0.29, 0.717) is 30.9 Å². The van der Waals surface area contributed by atoms with E-state index in [4.69, 9.17) is 13.6 Å². The molecule has 0 saturated carbocycles. The molecule has 26 heavy (non-hydrogen) atoms. The average molecular weight is 355 g/mol. The maximum Gasteiger partial charge on any atom is 0.150 e. The molecule has 1 N–H and O–H groups in total. The molecule has 2 aromatic heterocycles. The third-order valence-electron chi connectivity index (χ3n) is 3.82.